The first-order valence-corrected chi connectivity index (χ1v) is 12.1. The number of para-hydroxylation sites is 1. The zero-order valence-electron chi connectivity index (χ0n) is 18.0. The van der Waals surface area contributed by atoms with Gasteiger partial charge in [-0.05, 0) is 65.9 Å². The highest BCUT2D eigenvalue weighted by Crippen LogP contribution is 2.49. The van der Waals surface area contributed by atoms with Crippen LogP contribution in [0.5, 0.6) is 5.75 Å². The number of nitrogens with one attached hydrogen (secondary N) is 1. The maximum atomic E-state index is 13.4. The van der Waals surface area contributed by atoms with Crippen LogP contribution in [0.1, 0.15) is 11.1 Å². The van der Waals surface area contributed by atoms with E-state index < -0.39 is 22.9 Å². The van der Waals surface area contributed by atoms with Crippen molar-refractivity contribution >= 4 is 52.1 Å². The lowest BCUT2D eigenvalue weighted by Gasteiger charge is -2.33. The minimum absolute atomic E-state index is 0.238. The summed E-state index contributed by atoms with van der Waals surface area (Å²) in [6, 6.07) is 18.4. The lowest BCUT2D eigenvalue weighted by molar-refractivity contribution is -0.137. The van der Waals surface area contributed by atoms with E-state index in [4.69, 9.17) is 4.74 Å². The third kappa shape index (κ3) is 5.03. The number of carbonyl (C=O) groups excluding carboxylic acids is 2. The van der Waals surface area contributed by atoms with Gasteiger partial charge in [-0.15, -0.1) is 0 Å². The maximum Gasteiger partial charge on any atom is 0.416 e. The van der Waals surface area contributed by atoms with Gasteiger partial charge in [-0.2, -0.15) is 13.2 Å². The summed E-state index contributed by atoms with van der Waals surface area (Å²) in [5.41, 5.74) is 1.37. The van der Waals surface area contributed by atoms with Crippen LogP contribution in [0, 0.1) is 0 Å². The average molecular weight is 515 g/mol. The van der Waals surface area contributed by atoms with Crippen LogP contribution in [-0.2, 0) is 11.0 Å². The van der Waals surface area contributed by atoms with E-state index in [1.807, 2.05) is 29.2 Å². The molecule has 2 aliphatic rings. The Balaban J connectivity index is 1.31. The normalized spacial score (nSPS) is 16.2. The first kappa shape index (κ1) is 23.4. The molecule has 0 spiro atoms. The van der Waals surface area contributed by atoms with E-state index in [0.717, 1.165) is 38.9 Å². The minimum atomic E-state index is -4.43. The van der Waals surface area contributed by atoms with Gasteiger partial charge in [0.15, 0.2) is 0 Å². The third-order valence-corrected chi connectivity index (χ3v) is 7.30. The molecular weight excluding hydrogens is 497 g/mol. The third-order valence-electron chi connectivity index (χ3n) is 5.36. The van der Waals surface area contributed by atoms with Gasteiger partial charge in [0.05, 0.1) is 28.4 Å². The molecule has 0 aliphatic carbocycles. The summed E-state index contributed by atoms with van der Waals surface area (Å²) in [7, 11) is 0. The second-order valence-electron chi connectivity index (χ2n) is 7.67. The molecule has 1 fully saturated rings. The van der Waals surface area contributed by atoms with Crippen molar-refractivity contribution in [2.75, 3.05) is 18.1 Å². The number of anilines is 2. The van der Waals surface area contributed by atoms with E-state index in [-0.39, 0.29) is 6.61 Å². The van der Waals surface area contributed by atoms with Crippen molar-refractivity contribution in [3.05, 3.63) is 82.8 Å². The van der Waals surface area contributed by atoms with Crippen LogP contribution >= 0.6 is 23.5 Å². The molecular formula is C25H17F3N2O3S2. The van der Waals surface area contributed by atoms with Crippen molar-refractivity contribution in [2.24, 2.45) is 0 Å². The number of imide groups is 1. The molecule has 5 rings (SSSR count). The molecule has 2 aliphatic heterocycles. The van der Waals surface area contributed by atoms with Gasteiger partial charge in [-0.3, -0.25) is 14.9 Å². The van der Waals surface area contributed by atoms with Crippen molar-refractivity contribution in [3.63, 3.8) is 0 Å². The van der Waals surface area contributed by atoms with Crippen LogP contribution in [-0.4, -0.2) is 24.3 Å². The number of amides is 2. The number of benzene rings is 3. The molecule has 1 N–H and O–H groups in total. The molecule has 0 unspecified atom stereocenters. The van der Waals surface area contributed by atoms with Crippen molar-refractivity contribution in [2.45, 2.75) is 16.0 Å². The Morgan fingerprint density at radius 1 is 0.914 bits per heavy atom. The predicted molar refractivity (Wildman–Crippen MR) is 130 cm³/mol. The molecule has 3 aromatic carbocycles. The highest BCUT2D eigenvalue weighted by atomic mass is 32.2. The molecule has 10 heteroatoms. The Hall–Kier alpha value is -3.37. The lowest BCUT2D eigenvalue weighted by atomic mass is 10.1. The summed E-state index contributed by atoms with van der Waals surface area (Å²) in [5.74, 6) is 0.157. The van der Waals surface area contributed by atoms with Gasteiger partial charge >= 0.3 is 6.18 Å². The quantitative estimate of drug-likeness (QED) is 0.382. The number of hydrogen-bond acceptors (Lipinski definition) is 6. The Morgan fingerprint density at radius 2 is 1.66 bits per heavy atom. The highest BCUT2D eigenvalue weighted by Gasteiger charge is 2.33. The van der Waals surface area contributed by atoms with Gasteiger partial charge in [0.2, 0.25) is 0 Å². The number of ether oxygens (including phenoxy) is 1. The van der Waals surface area contributed by atoms with Gasteiger partial charge in [0, 0.05) is 9.79 Å². The fourth-order valence-corrected chi connectivity index (χ4v) is 5.49. The first-order valence-electron chi connectivity index (χ1n) is 10.5. The molecule has 2 amide bonds. The summed E-state index contributed by atoms with van der Waals surface area (Å²) >= 11 is 2.29. The Labute approximate surface area is 207 Å². The smallest absolute Gasteiger partial charge is 0.416 e. The molecule has 0 saturated carbocycles. The number of alkyl halides is 3. The van der Waals surface area contributed by atoms with E-state index in [2.05, 4.69) is 5.32 Å². The molecule has 0 atom stereocenters. The van der Waals surface area contributed by atoms with Gasteiger partial charge in [0.25, 0.3) is 11.1 Å². The summed E-state index contributed by atoms with van der Waals surface area (Å²) in [6.45, 7) is 0.582. The van der Waals surface area contributed by atoms with E-state index in [0.29, 0.717) is 22.9 Å². The molecule has 5 nitrogen and oxygen atoms in total. The van der Waals surface area contributed by atoms with Gasteiger partial charge in [-0.25, -0.2) is 0 Å². The number of halogens is 3. The number of thioether (sulfide) groups is 1. The monoisotopic (exact) mass is 514 g/mol. The fourth-order valence-electron chi connectivity index (χ4n) is 3.73. The molecule has 3 aromatic rings. The molecule has 0 aromatic heterocycles. The second-order valence-corrected chi connectivity index (χ2v) is 9.77. The molecule has 0 radical (unpaired) electrons. The van der Waals surface area contributed by atoms with Gasteiger partial charge in [-0.1, -0.05) is 36.0 Å². The van der Waals surface area contributed by atoms with Crippen LogP contribution in [0.15, 0.2) is 81.4 Å². The van der Waals surface area contributed by atoms with E-state index in [1.54, 1.807) is 30.3 Å². The molecule has 0 bridgehead atoms. The Bertz CT molecular complexity index is 1340. The van der Waals surface area contributed by atoms with Crippen LogP contribution < -0.4 is 15.0 Å². The van der Waals surface area contributed by atoms with E-state index >= 15 is 0 Å². The number of carbonyl (C=O) groups is 2. The van der Waals surface area contributed by atoms with Crippen LogP contribution in [0.3, 0.4) is 0 Å². The second kappa shape index (κ2) is 9.35. The zero-order chi connectivity index (χ0) is 24.6. The maximum absolute atomic E-state index is 13.4. The molecule has 178 valence electrons. The number of fused-ring (bicyclic) bond motifs is 2. The largest absolute Gasteiger partial charge is 0.492 e. The Kier molecular flexibility index (Phi) is 6.24. The van der Waals surface area contributed by atoms with Crippen LogP contribution in [0.2, 0.25) is 0 Å². The lowest BCUT2D eigenvalue weighted by Crippen LogP contribution is -2.26. The summed E-state index contributed by atoms with van der Waals surface area (Å²) < 4.78 is 46.0. The number of hydrogen-bond donors (Lipinski definition) is 1. The van der Waals surface area contributed by atoms with Crippen molar-refractivity contribution in [3.8, 4) is 5.75 Å². The summed E-state index contributed by atoms with van der Waals surface area (Å²) in [4.78, 5) is 26.9. The van der Waals surface area contributed by atoms with Crippen molar-refractivity contribution < 1.29 is 27.5 Å². The molecule has 35 heavy (non-hydrogen) atoms. The Morgan fingerprint density at radius 3 is 2.37 bits per heavy atom. The van der Waals surface area contributed by atoms with E-state index in [1.165, 1.54) is 23.9 Å². The van der Waals surface area contributed by atoms with Crippen LogP contribution in [0.4, 0.5) is 29.3 Å². The van der Waals surface area contributed by atoms with E-state index in [9.17, 15) is 22.8 Å². The van der Waals surface area contributed by atoms with Crippen molar-refractivity contribution in [1.29, 1.82) is 0 Å². The van der Waals surface area contributed by atoms with Gasteiger partial charge in [0.1, 0.15) is 12.4 Å². The number of nitrogens with zero attached hydrogens (tertiary/aromatic N) is 1. The molecule has 2 heterocycles. The summed E-state index contributed by atoms with van der Waals surface area (Å²) in [6.07, 6.45) is -2.81. The summed E-state index contributed by atoms with van der Waals surface area (Å²) in [5, 5.41) is 1.81. The number of rotatable bonds is 5. The SMILES string of the molecule is O=C1NC(=O)C(=Cc2ccc(OCCN3c4ccccc4Sc4ccc(C(F)(F)F)cc43)cc2)S1. The highest BCUT2D eigenvalue weighted by molar-refractivity contribution is 8.18. The predicted octanol–water partition coefficient (Wildman–Crippen LogP) is 6.71. The van der Waals surface area contributed by atoms with Gasteiger partial charge < -0.3 is 9.64 Å². The first-order chi connectivity index (χ1) is 16.8. The van der Waals surface area contributed by atoms with Crippen molar-refractivity contribution in [1.82, 2.24) is 5.32 Å². The average Bonchev–Trinajstić information content (AvgIpc) is 3.15. The fraction of sp³-hybridized carbons (Fsp3) is 0.120. The standard InChI is InChI=1S/C25H17F3N2O3S2/c26-25(27,28)16-7-10-21-19(14-16)30(18-3-1-2-4-20(18)34-21)11-12-33-17-8-5-15(6-9-17)13-22-23(31)29-24(32)35-22/h1-10,13-14H,11-12H2,(H,29,31,32). The van der Waals surface area contributed by atoms with Crippen LogP contribution in [0.25, 0.3) is 6.08 Å². The molecule has 1 saturated heterocycles. The minimum Gasteiger partial charge on any atom is -0.492 e. The zero-order valence-corrected chi connectivity index (χ0v) is 19.6. The topological polar surface area (TPSA) is 58.6 Å².